The van der Waals surface area contributed by atoms with Crippen LogP contribution in [0.1, 0.15) is 10.4 Å². The van der Waals surface area contributed by atoms with E-state index in [2.05, 4.69) is 17.0 Å². The number of hydrogen-bond donors (Lipinski definition) is 0. The van der Waals surface area contributed by atoms with Crippen molar-refractivity contribution in [1.82, 2.24) is 0 Å². The summed E-state index contributed by atoms with van der Waals surface area (Å²) in [5, 5.41) is 0. The molecule has 0 saturated carbocycles. The highest BCUT2D eigenvalue weighted by Crippen LogP contribution is 2.10. The van der Waals surface area contributed by atoms with Crippen LogP contribution in [0, 0.1) is 0 Å². The Balaban J connectivity index is 1.79. The van der Waals surface area contributed by atoms with Crippen molar-refractivity contribution in [2.45, 2.75) is 0 Å². The summed E-state index contributed by atoms with van der Waals surface area (Å²) >= 11 is 0. The zero-order valence-corrected chi connectivity index (χ0v) is 15.6. The molecule has 3 rings (SSSR count). The van der Waals surface area contributed by atoms with Gasteiger partial charge < -0.3 is 9.80 Å². The molecule has 0 amide bonds. The Bertz CT molecular complexity index is 883. The molecule has 0 saturated heterocycles. The Morgan fingerprint density at radius 1 is 0.692 bits per heavy atom. The molecule has 0 radical (unpaired) electrons. The quantitative estimate of drug-likeness (QED) is 0.677. The van der Waals surface area contributed by atoms with Gasteiger partial charge in [-0.05, 0) is 12.1 Å². The molecule has 132 valence electrons. The van der Waals surface area contributed by atoms with Crippen molar-refractivity contribution >= 4 is 17.3 Å². The molecular weight excluding hydrogens is 324 g/mol. The molecule has 2 aromatic heterocycles. The van der Waals surface area contributed by atoms with E-state index in [1.54, 1.807) is 17.0 Å². The second-order valence-electron chi connectivity index (χ2n) is 6.57. The maximum absolute atomic E-state index is 12.6. The lowest BCUT2D eigenvalue weighted by molar-refractivity contribution is -0.595. The number of rotatable bonds is 4. The molecule has 1 aromatic carbocycles. The van der Waals surface area contributed by atoms with Crippen LogP contribution in [0.25, 0.3) is 5.69 Å². The standard InChI is InChI=1S/C21H24N4O/c1-22(2)18-9-13-24(14-10-18)20-7-5-17(6-8-20)21(26)25-15-11-19(12-16-25)23(3)4/h5-16H,1-4H3/q+2. The van der Waals surface area contributed by atoms with Gasteiger partial charge in [0.2, 0.25) is 5.69 Å². The number of pyridine rings is 2. The van der Waals surface area contributed by atoms with Crippen LogP contribution < -0.4 is 18.9 Å². The van der Waals surface area contributed by atoms with Crippen molar-refractivity contribution in [3.8, 4) is 5.69 Å². The number of hydrogen-bond acceptors (Lipinski definition) is 3. The molecule has 5 nitrogen and oxygen atoms in total. The van der Waals surface area contributed by atoms with E-state index in [0.717, 1.165) is 17.1 Å². The molecule has 2 heterocycles. The van der Waals surface area contributed by atoms with Gasteiger partial charge >= 0.3 is 5.91 Å². The molecule has 5 heteroatoms. The Kier molecular flexibility index (Phi) is 4.98. The molecule has 0 atom stereocenters. The number of nitrogens with zero attached hydrogens (tertiary/aromatic N) is 4. The van der Waals surface area contributed by atoms with Crippen LogP contribution in [0.4, 0.5) is 11.4 Å². The minimum atomic E-state index is -0.0465. The summed E-state index contributed by atoms with van der Waals surface area (Å²) < 4.78 is 3.63. The molecule has 0 unspecified atom stereocenters. The van der Waals surface area contributed by atoms with E-state index < -0.39 is 0 Å². The Morgan fingerprint density at radius 2 is 1.15 bits per heavy atom. The van der Waals surface area contributed by atoms with Gasteiger partial charge in [0.15, 0.2) is 24.8 Å². The average Bonchev–Trinajstić information content (AvgIpc) is 2.67. The molecule has 0 aliphatic carbocycles. The lowest BCUT2D eigenvalue weighted by atomic mass is 10.2. The minimum absolute atomic E-state index is 0.0465. The Hall–Kier alpha value is -3.21. The number of aromatic nitrogens is 2. The third kappa shape index (κ3) is 3.72. The normalized spacial score (nSPS) is 10.5. The largest absolute Gasteiger partial charge is 0.424 e. The fraction of sp³-hybridized carbons (Fsp3) is 0.190. The van der Waals surface area contributed by atoms with Crippen LogP contribution in [0.2, 0.25) is 0 Å². The zero-order chi connectivity index (χ0) is 18.7. The van der Waals surface area contributed by atoms with Gasteiger partial charge in [-0.15, -0.1) is 4.57 Å². The summed E-state index contributed by atoms with van der Waals surface area (Å²) in [6, 6.07) is 15.6. The molecular formula is C21H24N4O+2. The van der Waals surface area contributed by atoms with Gasteiger partial charge in [-0.25, -0.2) is 4.79 Å². The van der Waals surface area contributed by atoms with Gasteiger partial charge in [0.1, 0.15) is 0 Å². The summed E-state index contributed by atoms with van der Waals surface area (Å²) in [5.74, 6) is -0.0465. The summed E-state index contributed by atoms with van der Waals surface area (Å²) in [7, 11) is 7.98. The third-order valence-electron chi connectivity index (χ3n) is 4.30. The van der Waals surface area contributed by atoms with Crippen molar-refractivity contribution < 1.29 is 13.9 Å². The molecule has 0 bridgehead atoms. The van der Waals surface area contributed by atoms with E-state index in [0.29, 0.717) is 5.56 Å². The van der Waals surface area contributed by atoms with E-state index >= 15 is 0 Å². The van der Waals surface area contributed by atoms with E-state index in [4.69, 9.17) is 0 Å². The highest BCUT2D eigenvalue weighted by atomic mass is 16.2. The van der Waals surface area contributed by atoms with Gasteiger partial charge in [0.25, 0.3) is 0 Å². The predicted octanol–water partition coefficient (Wildman–Crippen LogP) is 2.07. The van der Waals surface area contributed by atoms with E-state index in [-0.39, 0.29) is 5.91 Å². The number of benzene rings is 1. The first-order chi connectivity index (χ1) is 12.5. The Labute approximate surface area is 154 Å². The van der Waals surface area contributed by atoms with Gasteiger partial charge in [0, 0.05) is 76.0 Å². The number of anilines is 2. The van der Waals surface area contributed by atoms with E-state index in [9.17, 15) is 4.79 Å². The lowest BCUT2D eigenvalue weighted by Crippen LogP contribution is -2.42. The SMILES string of the molecule is CN(C)c1cc[n+](C(=O)c2ccc(-[n+]3ccc(N(C)C)cc3)cc2)cc1. The van der Waals surface area contributed by atoms with Crippen molar-refractivity contribution in [1.29, 1.82) is 0 Å². The molecule has 0 aliphatic heterocycles. The van der Waals surface area contributed by atoms with E-state index in [1.165, 1.54) is 0 Å². The third-order valence-corrected chi connectivity index (χ3v) is 4.30. The molecule has 0 fully saturated rings. The molecule has 0 spiro atoms. The predicted molar refractivity (Wildman–Crippen MR) is 103 cm³/mol. The van der Waals surface area contributed by atoms with Crippen LogP contribution in [-0.2, 0) is 0 Å². The van der Waals surface area contributed by atoms with Gasteiger partial charge in [0.05, 0.1) is 5.56 Å². The second kappa shape index (κ2) is 7.35. The summed E-state index contributed by atoms with van der Waals surface area (Å²) in [6.07, 6.45) is 7.61. The first-order valence-electron chi connectivity index (χ1n) is 8.48. The molecule has 0 aliphatic rings. The van der Waals surface area contributed by atoms with Gasteiger partial charge in [-0.2, -0.15) is 4.57 Å². The molecule has 3 aromatic rings. The van der Waals surface area contributed by atoms with Gasteiger partial charge in [-0.3, -0.25) is 0 Å². The van der Waals surface area contributed by atoms with Crippen LogP contribution in [-0.4, -0.2) is 34.1 Å². The van der Waals surface area contributed by atoms with Crippen molar-refractivity contribution in [2.24, 2.45) is 0 Å². The monoisotopic (exact) mass is 348 g/mol. The topological polar surface area (TPSA) is 31.3 Å². The highest BCUT2D eigenvalue weighted by Gasteiger charge is 2.18. The lowest BCUT2D eigenvalue weighted by Gasteiger charge is -2.10. The van der Waals surface area contributed by atoms with E-state index in [1.807, 2.05) is 86.4 Å². The smallest absolute Gasteiger partial charge is 0.377 e. The zero-order valence-electron chi connectivity index (χ0n) is 15.6. The highest BCUT2D eigenvalue weighted by molar-refractivity contribution is 5.87. The van der Waals surface area contributed by atoms with Crippen LogP contribution in [0.3, 0.4) is 0 Å². The first-order valence-corrected chi connectivity index (χ1v) is 8.48. The number of carbonyl (C=O) groups is 1. The van der Waals surface area contributed by atoms with Gasteiger partial charge in [-0.1, -0.05) is 0 Å². The van der Waals surface area contributed by atoms with Crippen molar-refractivity contribution in [2.75, 3.05) is 38.0 Å². The molecule has 0 N–H and O–H groups in total. The first kappa shape index (κ1) is 17.6. The summed E-state index contributed by atoms with van der Waals surface area (Å²) in [6.45, 7) is 0. The second-order valence-corrected chi connectivity index (χ2v) is 6.57. The Morgan fingerprint density at radius 3 is 1.62 bits per heavy atom. The number of carbonyl (C=O) groups excluding carboxylic acids is 1. The maximum Gasteiger partial charge on any atom is 0.424 e. The molecule has 26 heavy (non-hydrogen) atoms. The summed E-state index contributed by atoms with van der Waals surface area (Å²) in [5.41, 5.74) is 3.87. The maximum atomic E-state index is 12.6. The average molecular weight is 348 g/mol. The fourth-order valence-electron chi connectivity index (χ4n) is 2.67. The summed E-state index contributed by atoms with van der Waals surface area (Å²) in [4.78, 5) is 16.7. The van der Waals surface area contributed by atoms with Crippen molar-refractivity contribution in [3.05, 3.63) is 78.9 Å². The van der Waals surface area contributed by atoms with Crippen LogP contribution in [0.15, 0.2) is 73.3 Å². The van der Waals surface area contributed by atoms with Crippen LogP contribution >= 0.6 is 0 Å². The fourth-order valence-corrected chi connectivity index (χ4v) is 2.67. The van der Waals surface area contributed by atoms with Crippen molar-refractivity contribution in [3.63, 3.8) is 0 Å². The minimum Gasteiger partial charge on any atom is -0.377 e. The van der Waals surface area contributed by atoms with Crippen LogP contribution in [0.5, 0.6) is 0 Å².